The van der Waals surface area contributed by atoms with Crippen LogP contribution in [0.25, 0.3) is 0 Å². The number of hydrogen-bond donors (Lipinski definition) is 1. The van der Waals surface area contributed by atoms with Crippen LogP contribution in [0.5, 0.6) is 0 Å². The van der Waals surface area contributed by atoms with E-state index in [2.05, 4.69) is 4.90 Å². The predicted octanol–water partition coefficient (Wildman–Crippen LogP) is 1.68. The van der Waals surface area contributed by atoms with E-state index >= 15 is 0 Å². The number of aryl methyl sites for hydroxylation is 1. The van der Waals surface area contributed by atoms with E-state index in [1.165, 1.54) is 0 Å². The SMILES string of the molecule is Cc1ccc(C(=O)C[C@]2(O)C(=O)N(CN3CCOCC3)c3ccccc32)o1. The quantitative estimate of drug-likeness (QED) is 0.807. The Labute approximate surface area is 157 Å². The molecule has 0 unspecified atom stereocenters. The summed E-state index contributed by atoms with van der Waals surface area (Å²) in [7, 11) is 0. The van der Waals surface area contributed by atoms with Crippen LogP contribution in [0.15, 0.2) is 40.8 Å². The van der Waals surface area contributed by atoms with E-state index < -0.39 is 17.3 Å². The normalized spacial score (nSPS) is 22.9. The average Bonchev–Trinajstić information content (AvgIpc) is 3.20. The van der Waals surface area contributed by atoms with Crippen molar-refractivity contribution < 1.29 is 23.8 Å². The largest absolute Gasteiger partial charge is 0.458 e. The Kier molecular flexibility index (Phi) is 4.59. The van der Waals surface area contributed by atoms with Gasteiger partial charge in [-0.25, -0.2) is 0 Å². The predicted molar refractivity (Wildman–Crippen MR) is 97.5 cm³/mol. The summed E-state index contributed by atoms with van der Waals surface area (Å²) in [6.07, 6.45) is -0.352. The summed E-state index contributed by atoms with van der Waals surface area (Å²) in [6, 6.07) is 10.3. The molecule has 1 N–H and O–H groups in total. The number of Topliss-reactive ketones (excluding diaryl/α,β-unsaturated/α-hetero) is 1. The van der Waals surface area contributed by atoms with E-state index in [4.69, 9.17) is 9.15 Å². The Morgan fingerprint density at radius 2 is 1.93 bits per heavy atom. The number of fused-ring (bicyclic) bond motifs is 1. The van der Waals surface area contributed by atoms with Crippen LogP contribution < -0.4 is 4.90 Å². The number of benzene rings is 1. The highest BCUT2D eigenvalue weighted by atomic mass is 16.5. The summed E-state index contributed by atoms with van der Waals surface area (Å²) in [6.45, 7) is 4.76. The highest BCUT2D eigenvalue weighted by molar-refractivity contribution is 6.10. The molecule has 1 fully saturated rings. The van der Waals surface area contributed by atoms with Crippen LogP contribution in [0.3, 0.4) is 0 Å². The molecule has 27 heavy (non-hydrogen) atoms. The zero-order chi connectivity index (χ0) is 19.0. The van der Waals surface area contributed by atoms with Gasteiger partial charge in [0.05, 0.1) is 32.0 Å². The first-order chi connectivity index (χ1) is 13.0. The molecule has 1 atom stereocenters. The molecule has 2 aliphatic rings. The summed E-state index contributed by atoms with van der Waals surface area (Å²) in [5.41, 5.74) is -0.791. The van der Waals surface area contributed by atoms with Crippen molar-refractivity contribution in [3.05, 3.63) is 53.5 Å². The van der Waals surface area contributed by atoms with Crippen LogP contribution in [-0.2, 0) is 15.1 Å². The molecule has 7 heteroatoms. The van der Waals surface area contributed by atoms with Crippen molar-refractivity contribution in [1.82, 2.24) is 4.90 Å². The highest BCUT2D eigenvalue weighted by Gasteiger charge is 2.51. The molecule has 0 radical (unpaired) electrons. The lowest BCUT2D eigenvalue weighted by Crippen LogP contribution is -2.49. The third kappa shape index (κ3) is 3.18. The fraction of sp³-hybridized carbons (Fsp3) is 0.400. The van der Waals surface area contributed by atoms with Crippen molar-refractivity contribution in [3.8, 4) is 0 Å². The van der Waals surface area contributed by atoms with Gasteiger partial charge < -0.3 is 14.3 Å². The monoisotopic (exact) mass is 370 g/mol. The van der Waals surface area contributed by atoms with Crippen molar-refractivity contribution in [2.24, 2.45) is 0 Å². The average molecular weight is 370 g/mol. The van der Waals surface area contributed by atoms with Gasteiger partial charge in [0.15, 0.2) is 11.4 Å². The summed E-state index contributed by atoms with van der Waals surface area (Å²) in [5, 5.41) is 11.3. The fourth-order valence-electron chi connectivity index (χ4n) is 3.66. The minimum atomic E-state index is -1.89. The molecule has 1 aromatic heterocycles. The van der Waals surface area contributed by atoms with Crippen molar-refractivity contribution in [2.45, 2.75) is 18.9 Å². The first kappa shape index (κ1) is 17.9. The van der Waals surface area contributed by atoms with Gasteiger partial charge in [0.2, 0.25) is 5.78 Å². The number of amides is 1. The summed E-state index contributed by atoms with van der Waals surface area (Å²) in [5.74, 6) is -0.121. The van der Waals surface area contributed by atoms with Gasteiger partial charge in [-0.15, -0.1) is 0 Å². The topological polar surface area (TPSA) is 83.2 Å². The molecule has 0 aliphatic carbocycles. The Morgan fingerprint density at radius 1 is 1.19 bits per heavy atom. The Hall–Kier alpha value is -2.48. The molecule has 1 aromatic carbocycles. The highest BCUT2D eigenvalue weighted by Crippen LogP contribution is 2.43. The Morgan fingerprint density at radius 3 is 2.63 bits per heavy atom. The third-order valence-electron chi connectivity index (χ3n) is 5.12. The fourth-order valence-corrected chi connectivity index (χ4v) is 3.66. The second-order valence-corrected chi connectivity index (χ2v) is 6.99. The number of morpholine rings is 1. The minimum absolute atomic E-state index is 0.151. The van der Waals surface area contributed by atoms with Crippen LogP contribution in [0.1, 0.15) is 28.3 Å². The Bertz CT molecular complexity index is 871. The molecule has 2 aliphatic heterocycles. The molecule has 1 amide bonds. The van der Waals surface area contributed by atoms with E-state index in [-0.39, 0.29) is 12.2 Å². The Balaban J connectivity index is 1.62. The van der Waals surface area contributed by atoms with Crippen molar-refractivity contribution in [3.63, 3.8) is 0 Å². The molecular formula is C20H22N2O5. The first-order valence-electron chi connectivity index (χ1n) is 9.02. The second-order valence-electron chi connectivity index (χ2n) is 6.99. The lowest BCUT2D eigenvalue weighted by atomic mass is 9.89. The number of carbonyl (C=O) groups excluding carboxylic acids is 2. The minimum Gasteiger partial charge on any atom is -0.458 e. The number of ether oxygens (including phenoxy) is 1. The molecular weight excluding hydrogens is 348 g/mol. The second kappa shape index (κ2) is 6.92. The van der Waals surface area contributed by atoms with E-state index in [1.807, 2.05) is 6.07 Å². The smallest absolute Gasteiger partial charge is 0.265 e. The maximum atomic E-state index is 13.2. The standard InChI is InChI=1S/C20H22N2O5/c1-14-6-7-18(27-14)17(23)12-20(25)15-4-2-3-5-16(15)22(19(20)24)13-21-8-10-26-11-9-21/h2-7,25H,8-13H2,1H3/t20-/m1/s1. The molecule has 0 spiro atoms. The van der Waals surface area contributed by atoms with E-state index in [0.29, 0.717) is 36.9 Å². The lowest BCUT2D eigenvalue weighted by Gasteiger charge is -2.31. The zero-order valence-electron chi connectivity index (χ0n) is 15.2. The first-order valence-corrected chi connectivity index (χ1v) is 9.02. The summed E-state index contributed by atoms with van der Waals surface area (Å²) in [4.78, 5) is 29.4. The van der Waals surface area contributed by atoms with Gasteiger partial charge in [0.1, 0.15) is 5.76 Å². The van der Waals surface area contributed by atoms with Crippen molar-refractivity contribution >= 4 is 17.4 Å². The number of aliphatic hydroxyl groups is 1. The van der Waals surface area contributed by atoms with E-state index in [0.717, 1.165) is 13.1 Å². The number of carbonyl (C=O) groups is 2. The molecule has 7 nitrogen and oxygen atoms in total. The van der Waals surface area contributed by atoms with Crippen LogP contribution >= 0.6 is 0 Å². The van der Waals surface area contributed by atoms with Gasteiger partial charge in [0, 0.05) is 18.7 Å². The van der Waals surface area contributed by atoms with Gasteiger partial charge in [-0.3, -0.25) is 19.4 Å². The lowest BCUT2D eigenvalue weighted by molar-refractivity contribution is -0.136. The molecule has 4 rings (SSSR count). The zero-order valence-corrected chi connectivity index (χ0v) is 15.2. The van der Waals surface area contributed by atoms with Crippen LogP contribution in [0.2, 0.25) is 0 Å². The molecule has 0 bridgehead atoms. The molecule has 3 heterocycles. The molecule has 1 saturated heterocycles. The van der Waals surface area contributed by atoms with Gasteiger partial charge in [-0.05, 0) is 25.1 Å². The van der Waals surface area contributed by atoms with Gasteiger partial charge in [-0.1, -0.05) is 18.2 Å². The maximum Gasteiger partial charge on any atom is 0.265 e. The molecule has 142 valence electrons. The van der Waals surface area contributed by atoms with Gasteiger partial charge in [-0.2, -0.15) is 0 Å². The molecule has 2 aromatic rings. The van der Waals surface area contributed by atoms with Crippen LogP contribution in [0.4, 0.5) is 5.69 Å². The number of nitrogens with zero attached hydrogens (tertiary/aromatic N) is 2. The van der Waals surface area contributed by atoms with E-state index in [1.54, 1.807) is 42.2 Å². The summed E-state index contributed by atoms with van der Waals surface area (Å²) < 4.78 is 10.7. The van der Waals surface area contributed by atoms with E-state index in [9.17, 15) is 14.7 Å². The number of ketones is 1. The number of anilines is 1. The third-order valence-corrected chi connectivity index (χ3v) is 5.12. The number of furan rings is 1. The maximum absolute atomic E-state index is 13.2. The number of para-hydroxylation sites is 1. The molecule has 0 saturated carbocycles. The van der Waals surface area contributed by atoms with Crippen molar-refractivity contribution in [1.29, 1.82) is 0 Å². The van der Waals surface area contributed by atoms with Crippen LogP contribution in [0, 0.1) is 6.92 Å². The van der Waals surface area contributed by atoms with Crippen molar-refractivity contribution in [2.75, 3.05) is 37.9 Å². The number of hydrogen-bond acceptors (Lipinski definition) is 6. The van der Waals surface area contributed by atoms with Gasteiger partial charge in [0.25, 0.3) is 5.91 Å². The number of rotatable bonds is 5. The van der Waals surface area contributed by atoms with Gasteiger partial charge >= 0.3 is 0 Å². The summed E-state index contributed by atoms with van der Waals surface area (Å²) >= 11 is 0. The van der Waals surface area contributed by atoms with Crippen LogP contribution in [-0.4, -0.2) is 54.7 Å².